The molecule has 4 nitrogen and oxygen atoms in total. The molecule has 3 atom stereocenters. The topological polar surface area (TPSA) is 69.7 Å². The Morgan fingerprint density at radius 1 is 1.45 bits per heavy atom. The van der Waals surface area contributed by atoms with E-state index in [1.54, 1.807) is 0 Å². The lowest BCUT2D eigenvalue weighted by Crippen LogP contribution is -2.34. The van der Waals surface area contributed by atoms with Crippen molar-refractivity contribution >= 4 is 0 Å². The number of hydrogen-bond acceptors (Lipinski definition) is 4. The molecule has 0 aromatic heterocycles. The zero-order valence-electron chi connectivity index (χ0n) is 6.77. The minimum atomic E-state index is -0.589. The summed E-state index contributed by atoms with van der Waals surface area (Å²) >= 11 is 0. The van der Waals surface area contributed by atoms with E-state index in [0.29, 0.717) is 13.1 Å². The molecular formula is C7H16N2O2. The van der Waals surface area contributed by atoms with Crippen molar-refractivity contribution < 1.29 is 10.2 Å². The number of aliphatic hydroxyl groups excluding tert-OH is 2. The van der Waals surface area contributed by atoms with Crippen LogP contribution in [-0.2, 0) is 0 Å². The molecule has 0 amide bonds. The fraction of sp³-hybridized carbons (Fsp3) is 1.00. The van der Waals surface area contributed by atoms with E-state index in [9.17, 15) is 0 Å². The maximum absolute atomic E-state index is 9.15. The Labute approximate surface area is 66.6 Å². The molecule has 11 heavy (non-hydrogen) atoms. The van der Waals surface area contributed by atoms with Gasteiger partial charge in [0.05, 0.1) is 12.2 Å². The summed E-state index contributed by atoms with van der Waals surface area (Å²) in [5.41, 5.74) is 5.56. The van der Waals surface area contributed by atoms with E-state index in [1.807, 2.05) is 11.8 Å². The van der Waals surface area contributed by atoms with Crippen LogP contribution in [0.25, 0.3) is 0 Å². The fourth-order valence-corrected chi connectivity index (χ4v) is 1.40. The lowest BCUT2D eigenvalue weighted by molar-refractivity contribution is 0.0572. The van der Waals surface area contributed by atoms with E-state index in [1.165, 1.54) is 0 Å². The van der Waals surface area contributed by atoms with Gasteiger partial charge in [-0.2, -0.15) is 0 Å². The molecule has 1 aliphatic rings. The zero-order valence-corrected chi connectivity index (χ0v) is 6.77. The number of rotatable bonds is 2. The Kier molecular flexibility index (Phi) is 2.84. The molecule has 1 heterocycles. The van der Waals surface area contributed by atoms with Gasteiger partial charge in [-0.25, -0.2) is 0 Å². The maximum Gasteiger partial charge on any atom is 0.0938 e. The van der Waals surface area contributed by atoms with Crippen LogP contribution in [-0.4, -0.2) is 53.0 Å². The van der Waals surface area contributed by atoms with E-state index < -0.39 is 12.2 Å². The summed E-state index contributed by atoms with van der Waals surface area (Å²) in [4.78, 5) is 1.97. The number of aliphatic hydroxyl groups is 2. The molecular weight excluding hydrogens is 144 g/mol. The van der Waals surface area contributed by atoms with Gasteiger partial charge in [0.25, 0.3) is 0 Å². The second kappa shape index (κ2) is 3.49. The van der Waals surface area contributed by atoms with Crippen LogP contribution in [0.15, 0.2) is 0 Å². The van der Waals surface area contributed by atoms with Gasteiger partial charge in [-0.05, 0) is 6.92 Å². The number of nitrogens with two attached hydrogens (primary N) is 1. The largest absolute Gasteiger partial charge is 0.389 e. The standard InChI is InChI=1S/C7H16N2O2/c1-5(8)2-9-3-6(10)7(11)4-9/h5-7,10-11H,2-4,8H2,1H3/t5-,6+,7+/m1/s1. The molecule has 4 N–H and O–H groups in total. The molecule has 0 aromatic carbocycles. The lowest BCUT2D eigenvalue weighted by Gasteiger charge is -2.16. The minimum Gasteiger partial charge on any atom is -0.389 e. The third-order valence-corrected chi connectivity index (χ3v) is 1.88. The molecule has 1 aliphatic heterocycles. The SMILES string of the molecule is C[C@@H](N)CN1C[C@H](O)[C@@H](O)C1. The highest BCUT2D eigenvalue weighted by atomic mass is 16.3. The predicted octanol–water partition coefficient (Wildman–Crippen LogP) is -1.63. The van der Waals surface area contributed by atoms with Crippen LogP contribution >= 0.6 is 0 Å². The van der Waals surface area contributed by atoms with Crippen LogP contribution in [0.2, 0.25) is 0 Å². The normalized spacial score (nSPS) is 36.0. The van der Waals surface area contributed by atoms with Gasteiger partial charge in [0.2, 0.25) is 0 Å². The second-order valence-electron chi connectivity index (χ2n) is 3.33. The summed E-state index contributed by atoms with van der Waals surface area (Å²) in [7, 11) is 0. The molecule has 0 aliphatic carbocycles. The van der Waals surface area contributed by atoms with Crippen LogP contribution in [0.5, 0.6) is 0 Å². The fourth-order valence-electron chi connectivity index (χ4n) is 1.40. The molecule has 0 saturated carbocycles. The van der Waals surface area contributed by atoms with Gasteiger partial charge in [-0.3, -0.25) is 4.90 Å². The summed E-state index contributed by atoms with van der Waals surface area (Å²) in [5, 5.41) is 18.3. The van der Waals surface area contributed by atoms with Crippen molar-refractivity contribution in [2.75, 3.05) is 19.6 Å². The Balaban J connectivity index is 2.29. The Morgan fingerprint density at radius 2 is 1.91 bits per heavy atom. The Hall–Kier alpha value is -0.160. The monoisotopic (exact) mass is 160 g/mol. The van der Waals surface area contributed by atoms with Gasteiger partial charge in [0.15, 0.2) is 0 Å². The summed E-state index contributed by atoms with van der Waals surface area (Å²) in [6, 6.07) is 0.104. The first kappa shape index (κ1) is 8.93. The smallest absolute Gasteiger partial charge is 0.0938 e. The van der Waals surface area contributed by atoms with Crippen molar-refractivity contribution in [1.82, 2.24) is 4.90 Å². The molecule has 4 heteroatoms. The van der Waals surface area contributed by atoms with Crippen molar-refractivity contribution in [3.8, 4) is 0 Å². The highest BCUT2D eigenvalue weighted by Crippen LogP contribution is 2.09. The van der Waals surface area contributed by atoms with Gasteiger partial charge in [0, 0.05) is 25.7 Å². The van der Waals surface area contributed by atoms with E-state index in [4.69, 9.17) is 15.9 Å². The van der Waals surface area contributed by atoms with Gasteiger partial charge < -0.3 is 15.9 Å². The van der Waals surface area contributed by atoms with Gasteiger partial charge in [-0.15, -0.1) is 0 Å². The van der Waals surface area contributed by atoms with E-state index in [2.05, 4.69) is 0 Å². The third-order valence-electron chi connectivity index (χ3n) is 1.88. The average Bonchev–Trinajstić information content (AvgIpc) is 2.10. The summed E-state index contributed by atoms with van der Waals surface area (Å²) < 4.78 is 0. The molecule has 1 saturated heterocycles. The summed E-state index contributed by atoms with van der Waals surface area (Å²) in [5.74, 6) is 0. The van der Waals surface area contributed by atoms with Crippen molar-refractivity contribution in [2.45, 2.75) is 25.2 Å². The maximum atomic E-state index is 9.15. The van der Waals surface area contributed by atoms with Crippen LogP contribution in [0.4, 0.5) is 0 Å². The molecule has 0 unspecified atom stereocenters. The van der Waals surface area contributed by atoms with Crippen LogP contribution in [0, 0.1) is 0 Å². The van der Waals surface area contributed by atoms with Crippen LogP contribution in [0.3, 0.4) is 0 Å². The first-order valence-corrected chi connectivity index (χ1v) is 3.93. The lowest BCUT2D eigenvalue weighted by atomic mass is 10.3. The molecule has 0 bridgehead atoms. The minimum absolute atomic E-state index is 0.104. The van der Waals surface area contributed by atoms with Crippen LogP contribution < -0.4 is 5.73 Å². The summed E-state index contributed by atoms with van der Waals surface area (Å²) in [6.45, 7) is 3.75. The van der Waals surface area contributed by atoms with Gasteiger partial charge in [-0.1, -0.05) is 0 Å². The van der Waals surface area contributed by atoms with E-state index in [0.717, 1.165) is 6.54 Å². The molecule has 0 radical (unpaired) electrons. The van der Waals surface area contributed by atoms with Crippen molar-refractivity contribution in [2.24, 2.45) is 5.73 Å². The first-order valence-electron chi connectivity index (χ1n) is 3.93. The number of likely N-dealkylation sites (tertiary alicyclic amines) is 1. The second-order valence-corrected chi connectivity index (χ2v) is 3.33. The first-order chi connectivity index (χ1) is 5.09. The van der Waals surface area contributed by atoms with Crippen LogP contribution in [0.1, 0.15) is 6.92 Å². The molecule has 1 fully saturated rings. The van der Waals surface area contributed by atoms with Crippen molar-refractivity contribution in [3.05, 3.63) is 0 Å². The number of nitrogens with zero attached hydrogens (tertiary/aromatic N) is 1. The highest BCUT2D eigenvalue weighted by molar-refractivity contribution is 4.84. The van der Waals surface area contributed by atoms with Gasteiger partial charge >= 0.3 is 0 Å². The third kappa shape index (κ3) is 2.41. The zero-order chi connectivity index (χ0) is 8.43. The van der Waals surface area contributed by atoms with Crippen molar-refractivity contribution in [1.29, 1.82) is 0 Å². The average molecular weight is 160 g/mol. The molecule has 66 valence electrons. The quantitative estimate of drug-likeness (QED) is 0.453. The molecule has 0 aromatic rings. The van der Waals surface area contributed by atoms with Gasteiger partial charge in [0.1, 0.15) is 0 Å². The van der Waals surface area contributed by atoms with E-state index >= 15 is 0 Å². The number of hydrogen-bond donors (Lipinski definition) is 3. The predicted molar refractivity (Wildman–Crippen MR) is 42.1 cm³/mol. The Morgan fingerprint density at radius 3 is 2.27 bits per heavy atom. The Bertz CT molecular complexity index is 117. The number of β-amino-alcohol motifs (C(OH)–C–C–N with tert-alkyl or cyclic N) is 2. The molecule has 1 rings (SSSR count). The van der Waals surface area contributed by atoms with E-state index in [-0.39, 0.29) is 6.04 Å². The molecule has 0 spiro atoms. The van der Waals surface area contributed by atoms with Crippen molar-refractivity contribution in [3.63, 3.8) is 0 Å². The highest BCUT2D eigenvalue weighted by Gasteiger charge is 2.29. The summed E-state index contributed by atoms with van der Waals surface area (Å²) in [6.07, 6.45) is -1.18.